The molecule has 0 aliphatic carbocycles. The van der Waals surface area contributed by atoms with Crippen LogP contribution in [0, 0.1) is 0 Å². The molecule has 0 saturated carbocycles. The van der Waals surface area contributed by atoms with Crippen molar-refractivity contribution in [2.45, 2.75) is 12.3 Å². The van der Waals surface area contributed by atoms with Crippen molar-refractivity contribution in [1.29, 1.82) is 0 Å². The maximum absolute atomic E-state index is 3.14. The summed E-state index contributed by atoms with van der Waals surface area (Å²) in [5.41, 5.74) is 4.02. The molecule has 0 N–H and O–H groups in total. The first kappa shape index (κ1) is 24.0. The average Bonchev–Trinajstić information content (AvgIpc) is 2.95. The van der Waals surface area contributed by atoms with Gasteiger partial charge in [0, 0.05) is 0 Å². The van der Waals surface area contributed by atoms with Crippen molar-refractivity contribution >= 4 is 28.2 Å². The monoisotopic (exact) mass is 487 g/mol. The molecular weight excluding hydrogens is 453 g/mol. The Morgan fingerprint density at radius 2 is 0.806 bits per heavy atom. The molecule has 0 unspecified atom stereocenters. The Morgan fingerprint density at radius 3 is 1.22 bits per heavy atom. The third-order valence-electron chi connectivity index (χ3n) is 7.45. The van der Waals surface area contributed by atoms with Crippen molar-refractivity contribution < 1.29 is 0 Å². The van der Waals surface area contributed by atoms with Crippen molar-refractivity contribution in [3.05, 3.63) is 157 Å². The number of hydrogen-bond donors (Lipinski definition) is 0. The molecule has 0 spiro atoms. The SMILES string of the molecule is CN(C)c1ccccc1P(Cc1ccccc1)(Cc1ccccc1)(c1ccccc1)c1ccccc1. The molecule has 0 amide bonds. The fourth-order valence-corrected chi connectivity index (χ4v) is 13.0. The summed E-state index contributed by atoms with van der Waals surface area (Å²) in [7, 11) is 4.34. The van der Waals surface area contributed by atoms with E-state index in [1.807, 2.05) is 0 Å². The van der Waals surface area contributed by atoms with E-state index in [-0.39, 0.29) is 0 Å². The molecular formula is C34H34NP. The van der Waals surface area contributed by atoms with Gasteiger partial charge in [0.2, 0.25) is 0 Å². The summed E-state index contributed by atoms with van der Waals surface area (Å²) in [5.74, 6) is 0. The topological polar surface area (TPSA) is 3.24 Å². The van der Waals surface area contributed by atoms with Gasteiger partial charge in [-0.2, -0.15) is 0 Å². The molecule has 0 radical (unpaired) electrons. The quantitative estimate of drug-likeness (QED) is 0.213. The van der Waals surface area contributed by atoms with Gasteiger partial charge in [0.25, 0.3) is 0 Å². The number of nitrogens with zero attached hydrogens (tertiary/aromatic N) is 1. The normalized spacial score (nSPS) is 12.4. The molecule has 5 rings (SSSR count). The molecule has 180 valence electrons. The van der Waals surface area contributed by atoms with E-state index in [0.29, 0.717) is 0 Å². The van der Waals surface area contributed by atoms with E-state index in [2.05, 4.69) is 165 Å². The van der Waals surface area contributed by atoms with Crippen LogP contribution >= 0.6 is 6.60 Å². The fourth-order valence-electron chi connectivity index (χ4n) is 5.87. The first-order chi connectivity index (χ1) is 17.6. The molecule has 0 bridgehead atoms. The molecule has 5 aromatic rings. The summed E-state index contributed by atoms with van der Waals surface area (Å²) in [6, 6.07) is 53.9. The fraction of sp³-hybridized carbons (Fsp3) is 0.118. The summed E-state index contributed by atoms with van der Waals surface area (Å²) < 4.78 is 0. The predicted octanol–water partition coefficient (Wildman–Crippen LogP) is 6.98. The van der Waals surface area contributed by atoms with Gasteiger partial charge in [0.1, 0.15) is 0 Å². The number of hydrogen-bond acceptors (Lipinski definition) is 1. The summed E-state index contributed by atoms with van der Waals surface area (Å²) >= 11 is 0. The van der Waals surface area contributed by atoms with Crippen molar-refractivity contribution in [1.82, 2.24) is 0 Å². The van der Waals surface area contributed by atoms with Crippen LogP contribution in [0.3, 0.4) is 0 Å². The van der Waals surface area contributed by atoms with Crippen molar-refractivity contribution in [3.8, 4) is 0 Å². The Labute approximate surface area is 216 Å². The van der Waals surface area contributed by atoms with Crippen molar-refractivity contribution in [2.24, 2.45) is 0 Å². The summed E-state index contributed by atoms with van der Waals surface area (Å²) in [6.07, 6.45) is 1.92. The molecule has 0 heterocycles. The van der Waals surface area contributed by atoms with E-state index in [4.69, 9.17) is 0 Å². The molecule has 0 aromatic heterocycles. The molecule has 0 atom stereocenters. The first-order valence-electron chi connectivity index (χ1n) is 12.6. The van der Waals surface area contributed by atoms with Gasteiger partial charge in [-0.1, -0.05) is 0 Å². The molecule has 0 saturated heterocycles. The van der Waals surface area contributed by atoms with Crippen LogP contribution in [0.5, 0.6) is 0 Å². The molecule has 0 fully saturated rings. The maximum atomic E-state index is 2.40. The van der Waals surface area contributed by atoms with E-state index in [1.54, 1.807) is 0 Å². The molecule has 2 heteroatoms. The Morgan fingerprint density at radius 1 is 0.444 bits per heavy atom. The Hall–Kier alpha value is -3.67. The van der Waals surface area contributed by atoms with Gasteiger partial charge in [0.05, 0.1) is 0 Å². The second kappa shape index (κ2) is 10.1. The van der Waals surface area contributed by atoms with E-state index < -0.39 is 6.60 Å². The third kappa shape index (κ3) is 4.15. The number of para-hydroxylation sites is 1. The van der Waals surface area contributed by atoms with Gasteiger partial charge < -0.3 is 0 Å². The molecule has 36 heavy (non-hydrogen) atoms. The number of benzene rings is 5. The average molecular weight is 488 g/mol. The van der Waals surface area contributed by atoms with Crippen LogP contribution in [0.1, 0.15) is 11.1 Å². The molecule has 0 aliphatic rings. The molecule has 1 nitrogen and oxygen atoms in total. The van der Waals surface area contributed by atoms with Gasteiger partial charge >= 0.3 is 216 Å². The Kier molecular flexibility index (Phi) is 6.77. The Bertz CT molecular complexity index is 1310. The van der Waals surface area contributed by atoms with E-state index in [0.717, 1.165) is 12.3 Å². The van der Waals surface area contributed by atoms with Crippen LogP contribution in [0.4, 0.5) is 5.69 Å². The zero-order valence-corrected chi connectivity index (χ0v) is 22.1. The van der Waals surface area contributed by atoms with Crippen molar-refractivity contribution in [3.63, 3.8) is 0 Å². The summed E-state index contributed by atoms with van der Waals surface area (Å²) in [6.45, 7) is -3.14. The van der Waals surface area contributed by atoms with Gasteiger partial charge in [-0.3, -0.25) is 0 Å². The van der Waals surface area contributed by atoms with Crippen molar-refractivity contribution in [2.75, 3.05) is 19.0 Å². The van der Waals surface area contributed by atoms with Gasteiger partial charge in [-0.25, -0.2) is 0 Å². The zero-order chi connectivity index (χ0) is 24.9. The molecule has 5 aromatic carbocycles. The predicted molar refractivity (Wildman–Crippen MR) is 160 cm³/mol. The van der Waals surface area contributed by atoms with Gasteiger partial charge in [0.15, 0.2) is 0 Å². The summed E-state index contributed by atoms with van der Waals surface area (Å²) in [4.78, 5) is 2.29. The summed E-state index contributed by atoms with van der Waals surface area (Å²) in [5, 5.41) is 4.30. The minimum atomic E-state index is -3.14. The van der Waals surface area contributed by atoms with Crippen LogP contribution in [0.15, 0.2) is 146 Å². The Balaban J connectivity index is 2.01. The second-order valence-electron chi connectivity index (χ2n) is 9.85. The minimum absolute atomic E-state index is 0.959. The van der Waals surface area contributed by atoms with Crippen LogP contribution in [-0.2, 0) is 12.3 Å². The second-order valence-corrected chi connectivity index (χ2v) is 15.0. The van der Waals surface area contributed by atoms with E-state index >= 15 is 0 Å². The molecule has 0 aliphatic heterocycles. The van der Waals surface area contributed by atoms with Crippen LogP contribution in [-0.4, -0.2) is 14.1 Å². The van der Waals surface area contributed by atoms with E-state index in [9.17, 15) is 0 Å². The first-order valence-corrected chi connectivity index (χ1v) is 15.2. The van der Waals surface area contributed by atoms with Crippen LogP contribution < -0.4 is 20.8 Å². The van der Waals surface area contributed by atoms with Crippen LogP contribution in [0.25, 0.3) is 0 Å². The van der Waals surface area contributed by atoms with E-state index in [1.165, 1.54) is 32.7 Å². The van der Waals surface area contributed by atoms with Gasteiger partial charge in [-0.05, 0) is 0 Å². The van der Waals surface area contributed by atoms with Crippen LogP contribution in [0.2, 0.25) is 0 Å². The number of anilines is 1. The zero-order valence-electron chi connectivity index (χ0n) is 21.2. The number of rotatable bonds is 8. The van der Waals surface area contributed by atoms with Gasteiger partial charge in [-0.15, -0.1) is 0 Å². The standard InChI is InChI=1S/C34H34NP/c1-35(2)33-25-15-16-26-34(33)36(31-21-11-5-12-22-31,32-23-13-6-14-24-32,27-29-17-7-3-8-18-29)28-30-19-9-4-10-20-30/h3-26H,27-28H2,1-2H3. The third-order valence-corrected chi connectivity index (χ3v) is 14.2.